The van der Waals surface area contributed by atoms with E-state index in [1.807, 2.05) is 54.1 Å². The molecule has 0 saturated carbocycles. The smallest absolute Gasteiger partial charge is 0.277 e. The molecule has 3 aromatic heterocycles. The number of aromatic nitrogens is 3. The molecule has 0 N–H and O–H groups in total. The molecular formula is C19H16N4O2S3. The van der Waals surface area contributed by atoms with E-state index in [1.165, 1.54) is 23.1 Å². The number of carbonyl (C=O) groups is 1. The number of hydrogen-bond acceptors (Lipinski definition) is 8. The van der Waals surface area contributed by atoms with E-state index in [2.05, 4.69) is 15.2 Å². The fourth-order valence-electron chi connectivity index (χ4n) is 2.56. The number of benzene rings is 1. The summed E-state index contributed by atoms with van der Waals surface area (Å²) in [5.41, 5.74) is 2.77. The van der Waals surface area contributed by atoms with Crippen LogP contribution in [0.2, 0.25) is 0 Å². The third-order valence-corrected chi connectivity index (χ3v) is 6.37. The van der Waals surface area contributed by atoms with Gasteiger partial charge in [0.05, 0.1) is 16.3 Å². The summed E-state index contributed by atoms with van der Waals surface area (Å²) in [6.07, 6.45) is 0. The number of amides is 1. The maximum Gasteiger partial charge on any atom is 0.277 e. The SMILES string of the molecule is CC(=O)N(c1cccc(C)c1)c1nc(CSc2nnc(-c3cccs3)o2)cs1. The molecule has 0 aliphatic carbocycles. The fraction of sp³-hybridized carbons (Fsp3) is 0.158. The van der Waals surface area contributed by atoms with Gasteiger partial charge in [0.15, 0.2) is 5.13 Å². The average Bonchev–Trinajstić information content (AvgIpc) is 3.41. The van der Waals surface area contributed by atoms with Crippen molar-refractivity contribution in [3.63, 3.8) is 0 Å². The zero-order valence-corrected chi connectivity index (χ0v) is 17.6. The van der Waals surface area contributed by atoms with Crippen molar-refractivity contribution in [2.75, 3.05) is 4.90 Å². The van der Waals surface area contributed by atoms with Crippen molar-refractivity contribution in [1.82, 2.24) is 15.2 Å². The van der Waals surface area contributed by atoms with Gasteiger partial charge in [0.25, 0.3) is 11.1 Å². The van der Waals surface area contributed by atoms with Crippen molar-refractivity contribution < 1.29 is 9.21 Å². The minimum atomic E-state index is -0.0726. The first kappa shape index (κ1) is 18.9. The maximum absolute atomic E-state index is 12.2. The number of carbonyl (C=O) groups excluding carboxylic acids is 1. The molecule has 0 aliphatic rings. The predicted octanol–water partition coefficient (Wildman–Crippen LogP) is 5.54. The molecule has 9 heteroatoms. The van der Waals surface area contributed by atoms with Gasteiger partial charge in [-0.05, 0) is 36.1 Å². The van der Waals surface area contributed by atoms with Gasteiger partial charge in [-0.15, -0.1) is 32.9 Å². The number of nitrogens with zero attached hydrogens (tertiary/aromatic N) is 4. The van der Waals surface area contributed by atoms with Crippen LogP contribution in [0.4, 0.5) is 10.8 Å². The Labute approximate surface area is 174 Å². The molecule has 4 aromatic rings. The first-order valence-electron chi connectivity index (χ1n) is 8.42. The third kappa shape index (κ3) is 4.16. The van der Waals surface area contributed by atoms with Crippen LogP contribution in [0.3, 0.4) is 0 Å². The van der Waals surface area contributed by atoms with E-state index in [0.717, 1.165) is 21.8 Å². The first-order chi connectivity index (χ1) is 13.6. The number of rotatable bonds is 6. The van der Waals surface area contributed by atoms with Gasteiger partial charge in [-0.25, -0.2) is 4.98 Å². The lowest BCUT2D eigenvalue weighted by Gasteiger charge is -2.18. The number of thiazole rings is 1. The Morgan fingerprint density at radius 2 is 2.11 bits per heavy atom. The summed E-state index contributed by atoms with van der Waals surface area (Å²) in [5, 5.41) is 13.2. The molecular weight excluding hydrogens is 412 g/mol. The largest absolute Gasteiger partial charge is 0.410 e. The Kier molecular flexibility index (Phi) is 5.56. The summed E-state index contributed by atoms with van der Waals surface area (Å²) in [6.45, 7) is 3.54. The molecule has 0 bridgehead atoms. The molecule has 0 fully saturated rings. The van der Waals surface area contributed by atoms with Gasteiger partial charge in [-0.1, -0.05) is 30.0 Å². The van der Waals surface area contributed by atoms with Crippen molar-refractivity contribution in [1.29, 1.82) is 0 Å². The number of aryl methyl sites for hydroxylation is 1. The highest BCUT2D eigenvalue weighted by Gasteiger charge is 2.18. The highest BCUT2D eigenvalue weighted by Crippen LogP contribution is 2.32. The number of anilines is 2. The first-order valence-corrected chi connectivity index (χ1v) is 11.2. The number of hydrogen-bond donors (Lipinski definition) is 0. The molecule has 6 nitrogen and oxygen atoms in total. The molecule has 28 heavy (non-hydrogen) atoms. The van der Waals surface area contributed by atoms with Gasteiger partial charge in [0.1, 0.15) is 0 Å². The average molecular weight is 429 g/mol. The van der Waals surface area contributed by atoms with Gasteiger partial charge < -0.3 is 4.42 Å². The third-order valence-electron chi connectivity index (χ3n) is 3.79. The topological polar surface area (TPSA) is 72.1 Å². The van der Waals surface area contributed by atoms with Crippen molar-refractivity contribution in [3.8, 4) is 10.8 Å². The predicted molar refractivity (Wildman–Crippen MR) is 113 cm³/mol. The summed E-state index contributed by atoms with van der Waals surface area (Å²) >= 11 is 4.43. The molecule has 0 aliphatic heterocycles. The minimum absolute atomic E-state index is 0.0726. The molecule has 4 rings (SSSR count). The second-order valence-electron chi connectivity index (χ2n) is 5.95. The van der Waals surface area contributed by atoms with E-state index >= 15 is 0 Å². The quantitative estimate of drug-likeness (QED) is 0.376. The Morgan fingerprint density at radius 1 is 1.21 bits per heavy atom. The van der Waals surface area contributed by atoms with Crippen LogP contribution in [-0.2, 0) is 10.5 Å². The molecule has 142 valence electrons. The molecule has 3 heterocycles. The van der Waals surface area contributed by atoms with Crippen LogP contribution in [0.1, 0.15) is 18.2 Å². The highest BCUT2D eigenvalue weighted by atomic mass is 32.2. The lowest BCUT2D eigenvalue weighted by Crippen LogP contribution is -2.22. The molecule has 1 aromatic carbocycles. The summed E-state index contributed by atoms with van der Waals surface area (Å²) in [7, 11) is 0. The van der Waals surface area contributed by atoms with Gasteiger partial charge in [0.2, 0.25) is 5.91 Å². The molecule has 1 amide bonds. The Bertz CT molecular complexity index is 1090. The van der Waals surface area contributed by atoms with E-state index in [0.29, 0.717) is 22.0 Å². The fourth-order valence-corrected chi connectivity index (χ4v) is 4.86. The summed E-state index contributed by atoms with van der Waals surface area (Å²) in [6, 6.07) is 11.7. The van der Waals surface area contributed by atoms with E-state index < -0.39 is 0 Å². The lowest BCUT2D eigenvalue weighted by atomic mass is 10.2. The van der Waals surface area contributed by atoms with Crippen LogP contribution in [-0.4, -0.2) is 21.1 Å². The van der Waals surface area contributed by atoms with E-state index in [-0.39, 0.29) is 5.91 Å². The zero-order chi connectivity index (χ0) is 19.5. The molecule has 0 unspecified atom stereocenters. The van der Waals surface area contributed by atoms with Crippen LogP contribution in [0, 0.1) is 6.92 Å². The van der Waals surface area contributed by atoms with Crippen molar-refractivity contribution in [3.05, 3.63) is 58.4 Å². The Hall–Kier alpha value is -2.49. The maximum atomic E-state index is 12.2. The van der Waals surface area contributed by atoms with Crippen molar-refractivity contribution in [2.24, 2.45) is 0 Å². The van der Waals surface area contributed by atoms with Gasteiger partial charge in [-0.2, -0.15) is 0 Å². The second kappa shape index (κ2) is 8.26. The normalized spacial score (nSPS) is 10.9. The van der Waals surface area contributed by atoms with Crippen LogP contribution in [0.5, 0.6) is 0 Å². The van der Waals surface area contributed by atoms with Crippen molar-refractivity contribution in [2.45, 2.75) is 24.8 Å². The molecule has 0 atom stereocenters. The molecule has 0 radical (unpaired) electrons. The van der Waals surface area contributed by atoms with Gasteiger partial charge in [-0.3, -0.25) is 9.69 Å². The van der Waals surface area contributed by atoms with Gasteiger partial charge in [0, 0.05) is 18.1 Å². The number of thiophene rings is 1. The van der Waals surface area contributed by atoms with E-state index in [1.54, 1.807) is 23.2 Å². The van der Waals surface area contributed by atoms with Crippen molar-refractivity contribution >= 4 is 51.2 Å². The van der Waals surface area contributed by atoms with E-state index in [9.17, 15) is 4.79 Å². The summed E-state index contributed by atoms with van der Waals surface area (Å²) < 4.78 is 5.69. The Balaban J connectivity index is 1.47. The zero-order valence-electron chi connectivity index (χ0n) is 15.2. The van der Waals surface area contributed by atoms with Crippen LogP contribution in [0.15, 0.2) is 56.8 Å². The van der Waals surface area contributed by atoms with Gasteiger partial charge >= 0.3 is 0 Å². The van der Waals surface area contributed by atoms with Crippen LogP contribution < -0.4 is 4.90 Å². The summed E-state index contributed by atoms with van der Waals surface area (Å²) in [5.74, 6) is 1.04. The lowest BCUT2D eigenvalue weighted by molar-refractivity contribution is -0.115. The molecule has 0 saturated heterocycles. The molecule has 0 spiro atoms. The van der Waals surface area contributed by atoms with Crippen LogP contribution >= 0.6 is 34.4 Å². The van der Waals surface area contributed by atoms with E-state index in [4.69, 9.17) is 4.42 Å². The van der Waals surface area contributed by atoms with Crippen LogP contribution in [0.25, 0.3) is 10.8 Å². The second-order valence-corrected chi connectivity index (χ2v) is 8.66. The monoisotopic (exact) mass is 428 g/mol. The Morgan fingerprint density at radius 3 is 2.86 bits per heavy atom. The standard InChI is InChI=1S/C19H16N4O2S3/c1-12-5-3-6-15(9-12)23(13(2)24)18-20-14(10-27-18)11-28-19-22-21-17(25-19)16-7-4-8-26-16/h3-10H,11H2,1-2H3. The number of thioether (sulfide) groups is 1. The highest BCUT2D eigenvalue weighted by molar-refractivity contribution is 7.98. The summed E-state index contributed by atoms with van der Waals surface area (Å²) in [4.78, 5) is 19.4. The minimum Gasteiger partial charge on any atom is -0.410 e.